The van der Waals surface area contributed by atoms with E-state index in [1.165, 1.54) is 6.07 Å². The first-order valence-electron chi connectivity index (χ1n) is 11.5. The highest BCUT2D eigenvalue weighted by Crippen LogP contribution is 2.42. The smallest absolute Gasteiger partial charge is 0.329 e. The van der Waals surface area contributed by atoms with Crippen LogP contribution in [0.1, 0.15) is 34.3 Å². The predicted octanol–water partition coefficient (Wildman–Crippen LogP) is 4.90. The number of carbonyl (C=O) groups excluding carboxylic acids is 2. The Morgan fingerprint density at radius 3 is 2.25 bits per heavy atom. The van der Waals surface area contributed by atoms with Crippen molar-refractivity contribution in [2.45, 2.75) is 31.9 Å². The van der Waals surface area contributed by atoms with Crippen LogP contribution in [0.15, 0.2) is 66.7 Å². The van der Waals surface area contributed by atoms with Crippen LogP contribution in [-0.2, 0) is 22.6 Å². The number of esters is 1. The van der Waals surface area contributed by atoms with Crippen LogP contribution < -0.4 is 15.8 Å². The van der Waals surface area contributed by atoms with Gasteiger partial charge in [-0.2, -0.15) is 0 Å². The highest BCUT2D eigenvalue weighted by atomic mass is 35.5. The molecule has 0 spiro atoms. The Kier molecular flexibility index (Phi) is 10.4. The maximum absolute atomic E-state index is 13.1. The summed E-state index contributed by atoms with van der Waals surface area (Å²) in [6, 6.07) is 18.6. The Labute approximate surface area is 220 Å². The first-order valence-corrected chi connectivity index (χ1v) is 12.3. The number of halogens is 2. The van der Waals surface area contributed by atoms with Crippen molar-refractivity contribution in [1.29, 1.82) is 0 Å². The van der Waals surface area contributed by atoms with Crippen molar-refractivity contribution in [1.82, 2.24) is 5.32 Å². The van der Waals surface area contributed by atoms with Gasteiger partial charge in [0.2, 0.25) is 0 Å². The van der Waals surface area contributed by atoms with Crippen molar-refractivity contribution >= 4 is 35.1 Å². The fraction of sp³-hybridized carbons (Fsp3) is 0.259. The Hall–Kier alpha value is -3.26. The van der Waals surface area contributed by atoms with Crippen molar-refractivity contribution in [2.75, 3.05) is 13.2 Å². The molecular formula is C27H28Cl2N2O5. The summed E-state index contributed by atoms with van der Waals surface area (Å²) < 4.78 is 11.0. The van der Waals surface area contributed by atoms with Gasteiger partial charge in [-0.1, -0.05) is 83.9 Å². The lowest BCUT2D eigenvalue weighted by Gasteiger charge is -2.19. The zero-order valence-electron chi connectivity index (χ0n) is 19.6. The van der Waals surface area contributed by atoms with Crippen LogP contribution in [0, 0.1) is 0 Å². The molecule has 0 saturated carbocycles. The third kappa shape index (κ3) is 7.62. The maximum Gasteiger partial charge on any atom is 0.329 e. The van der Waals surface area contributed by atoms with E-state index in [1.54, 1.807) is 0 Å². The van der Waals surface area contributed by atoms with E-state index in [0.717, 1.165) is 17.5 Å². The number of unbranched alkanes of at least 4 members (excludes halogenated alkanes) is 1. The molecule has 0 aliphatic heterocycles. The van der Waals surface area contributed by atoms with Crippen molar-refractivity contribution in [3.63, 3.8) is 0 Å². The van der Waals surface area contributed by atoms with Crippen LogP contribution in [0.25, 0.3) is 0 Å². The third-order valence-corrected chi connectivity index (χ3v) is 5.97. The number of nitrogens with one attached hydrogen (secondary N) is 1. The standard InChI is InChI=1S/C27H28Cl2N2O5/c28-21-16-20(24(32)23(29)25(21)35-14-8-7-13-30)26(33)31-22(15-18-9-3-1-4-10-18)27(34)36-17-19-11-5-2-6-12-19/h1-6,9-12,16,22,32H,7-8,13-15,17,30H2,(H,31,33)/t22-/m1/s1. The lowest BCUT2D eigenvalue weighted by molar-refractivity contribution is -0.147. The van der Waals surface area contributed by atoms with Crippen LogP contribution in [-0.4, -0.2) is 36.2 Å². The largest absolute Gasteiger partial charge is 0.505 e. The van der Waals surface area contributed by atoms with Crippen LogP contribution >= 0.6 is 23.2 Å². The molecule has 3 aromatic carbocycles. The normalized spacial score (nSPS) is 11.5. The minimum atomic E-state index is -1.02. The number of ether oxygens (including phenoxy) is 2. The number of phenolic OH excluding ortho intramolecular Hbond substituents is 1. The van der Waals surface area contributed by atoms with Gasteiger partial charge >= 0.3 is 5.97 Å². The monoisotopic (exact) mass is 530 g/mol. The zero-order chi connectivity index (χ0) is 25.9. The first-order chi connectivity index (χ1) is 17.4. The van der Waals surface area contributed by atoms with Crippen molar-refractivity contribution in [3.05, 3.63) is 93.5 Å². The molecular weight excluding hydrogens is 503 g/mol. The van der Waals surface area contributed by atoms with Gasteiger partial charge in [0.1, 0.15) is 17.7 Å². The highest BCUT2D eigenvalue weighted by molar-refractivity contribution is 6.39. The predicted molar refractivity (Wildman–Crippen MR) is 140 cm³/mol. The lowest BCUT2D eigenvalue weighted by Crippen LogP contribution is -2.43. The van der Waals surface area contributed by atoms with Gasteiger partial charge in [0.15, 0.2) is 11.5 Å². The summed E-state index contributed by atoms with van der Waals surface area (Å²) >= 11 is 12.5. The van der Waals surface area contributed by atoms with Crippen LogP contribution in [0.4, 0.5) is 0 Å². The zero-order valence-corrected chi connectivity index (χ0v) is 21.1. The molecule has 3 rings (SSSR count). The van der Waals surface area contributed by atoms with E-state index in [1.807, 2.05) is 60.7 Å². The molecule has 1 atom stereocenters. The summed E-state index contributed by atoms with van der Waals surface area (Å²) in [4.78, 5) is 26.1. The minimum Gasteiger partial charge on any atom is -0.505 e. The molecule has 7 nitrogen and oxygen atoms in total. The maximum atomic E-state index is 13.1. The van der Waals surface area contributed by atoms with E-state index < -0.39 is 23.7 Å². The lowest BCUT2D eigenvalue weighted by atomic mass is 10.0. The molecule has 3 aromatic rings. The Morgan fingerprint density at radius 1 is 0.972 bits per heavy atom. The number of hydrogen-bond donors (Lipinski definition) is 3. The van der Waals surface area contributed by atoms with E-state index in [9.17, 15) is 14.7 Å². The van der Waals surface area contributed by atoms with Gasteiger partial charge in [-0.15, -0.1) is 0 Å². The number of aromatic hydroxyl groups is 1. The second-order valence-corrected chi connectivity index (χ2v) is 8.84. The molecule has 0 aromatic heterocycles. The van der Waals surface area contributed by atoms with Crippen molar-refractivity contribution in [2.24, 2.45) is 5.73 Å². The number of hydrogen-bond acceptors (Lipinski definition) is 6. The van der Waals surface area contributed by atoms with Crippen molar-refractivity contribution in [3.8, 4) is 11.5 Å². The topological polar surface area (TPSA) is 111 Å². The van der Waals surface area contributed by atoms with Gasteiger partial charge in [0.25, 0.3) is 5.91 Å². The second kappa shape index (κ2) is 13.7. The Balaban J connectivity index is 1.77. The molecule has 0 aliphatic rings. The molecule has 36 heavy (non-hydrogen) atoms. The average Bonchev–Trinajstić information content (AvgIpc) is 2.89. The van der Waals surface area contributed by atoms with Gasteiger partial charge in [-0.25, -0.2) is 4.79 Å². The summed E-state index contributed by atoms with van der Waals surface area (Å²) in [6.45, 7) is 0.876. The first kappa shape index (κ1) is 27.3. The number of phenols is 1. The van der Waals surface area contributed by atoms with E-state index in [2.05, 4.69) is 5.32 Å². The third-order valence-electron chi connectivity index (χ3n) is 5.34. The van der Waals surface area contributed by atoms with Gasteiger partial charge in [0.05, 0.1) is 17.2 Å². The second-order valence-electron chi connectivity index (χ2n) is 8.05. The van der Waals surface area contributed by atoms with E-state index in [0.29, 0.717) is 19.6 Å². The Morgan fingerprint density at radius 2 is 1.61 bits per heavy atom. The van der Waals surface area contributed by atoms with Gasteiger partial charge in [0, 0.05) is 6.42 Å². The fourth-order valence-corrected chi connectivity index (χ4v) is 3.99. The molecule has 4 N–H and O–H groups in total. The summed E-state index contributed by atoms with van der Waals surface area (Å²) in [5.41, 5.74) is 6.93. The van der Waals surface area contributed by atoms with Gasteiger partial charge in [-0.3, -0.25) is 4.79 Å². The number of rotatable bonds is 12. The molecule has 9 heteroatoms. The molecule has 0 radical (unpaired) electrons. The van der Waals surface area contributed by atoms with Crippen LogP contribution in [0.5, 0.6) is 11.5 Å². The SMILES string of the molecule is NCCCCOc1c(Cl)cc(C(=O)N[C@H](Cc2ccccc2)C(=O)OCc2ccccc2)c(O)c1Cl. The molecule has 0 unspecified atom stereocenters. The van der Waals surface area contributed by atoms with Gasteiger partial charge in [-0.05, 0) is 36.6 Å². The molecule has 0 bridgehead atoms. The number of carbonyl (C=O) groups is 2. The molecule has 190 valence electrons. The van der Waals surface area contributed by atoms with Crippen molar-refractivity contribution < 1.29 is 24.2 Å². The number of amides is 1. The van der Waals surface area contributed by atoms with E-state index in [-0.39, 0.29) is 34.4 Å². The average molecular weight is 531 g/mol. The molecule has 0 aliphatic carbocycles. The Bertz CT molecular complexity index is 1160. The van der Waals surface area contributed by atoms with E-state index in [4.69, 9.17) is 38.4 Å². The molecule has 0 heterocycles. The highest BCUT2D eigenvalue weighted by Gasteiger charge is 2.27. The molecule has 1 amide bonds. The molecule has 0 saturated heterocycles. The summed E-state index contributed by atoms with van der Waals surface area (Å²) in [6.07, 6.45) is 1.62. The molecule has 0 fully saturated rings. The fourth-order valence-electron chi connectivity index (χ4n) is 3.43. The quantitative estimate of drug-likeness (QED) is 0.227. The van der Waals surface area contributed by atoms with E-state index >= 15 is 0 Å². The summed E-state index contributed by atoms with van der Waals surface area (Å²) in [5, 5.41) is 13.1. The van der Waals surface area contributed by atoms with Crippen LogP contribution in [0.3, 0.4) is 0 Å². The summed E-state index contributed by atoms with van der Waals surface area (Å²) in [7, 11) is 0. The number of nitrogens with two attached hydrogens (primary N) is 1. The summed E-state index contributed by atoms with van der Waals surface area (Å²) in [5.74, 6) is -1.77. The minimum absolute atomic E-state index is 0.0555. The number of benzene rings is 3. The van der Waals surface area contributed by atoms with Gasteiger partial charge < -0.3 is 25.6 Å². The van der Waals surface area contributed by atoms with Crippen LogP contribution in [0.2, 0.25) is 10.0 Å².